The third kappa shape index (κ3) is 72.7. The monoisotopic (exact) mass is 734 g/mol. The maximum absolute atomic E-state index is 9.83. The van der Waals surface area contributed by atoms with Gasteiger partial charge in [-0.3, -0.25) is 0 Å². The molecular weight excluding hydrogens is 710 g/mol. The Balaban J connectivity index is -0.0000000317. The van der Waals surface area contributed by atoms with Crippen molar-refractivity contribution in [2.75, 3.05) is 0 Å². The van der Waals surface area contributed by atoms with Crippen molar-refractivity contribution in [1.82, 2.24) is 24.6 Å². The smallest absolute Gasteiger partial charge is 0.369 e. The molecule has 0 fully saturated rings. The van der Waals surface area contributed by atoms with Crippen LogP contribution in [0.1, 0.15) is 0 Å². The fourth-order valence-corrected chi connectivity index (χ4v) is 28.6. The summed E-state index contributed by atoms with van der Waals surface area (Å²) in [5.41, 5.74) is 0. The van der Waals surface area contributed by atoms with Gasteiger partial charge in [-0.05, 0) is 0 Å². The first-order valence-electron chi connectivity index (χ1n) is 3.33. The normalized spacial score (nSPS) is 10.1. The molecule has 0 rings (SSSR count). The molecule has 29 heavy (non-hydrogen) atoms. The maximum Gasteiger partial charge on any atom is -0.369 e. The van der Waals surface area contributed by atoms with Gasteiger partial charge in [0.1, 0.15) is 0 Å². The van der Waals surface area contributed by atoms with E-state index in [4.69, 9.17) is 0 Å². The summed E-state index contributed by atoms with van der Waals surface area (Å²) >= 11 is -2.25. The van der Waals surface area contributed by atoms with Crippen LogP contribution in [-0.4, -0.2) is 93.7 Å². The minimum Gasteiger partial charge on any atom is -0.369 e. The van der Waals surface area contributed by atoms with E-state index >= 15 is 0 Å². The van der Waals surface area contributed by atoms with Gasteiger partial charge < -0.3 is 41.0 Å². The van der Waals surface area contributed by atoms with Gasteiger partial charge in [-0.2, -0.15) is 0 Å². The minimum absolute atomic E-state index is 0. The zero-order valence-electron chi connectivity index (χ0n) is 14.5. The van der Waals surface area contributed by atoms with Crippen LogP contribution >= 0.6 is 36.8 Å². The summed E-state index contributed by atoms with van der Waals surface area (Å²) in [7, 11) is -18.2. The number of quaternary nitrogens is 4. The van der Waals surface area contributed by atoms with E-state index < -0.39 is 62.0 Å². The van der Waals surface area contributed by atoms with Crippen LogP contribution in [0.2, 0.25) is 0 Å². The fraction of sp³-hybridized carbons (Fsp3) is 0. The Bertz CT molecular complexity index is 612. The Labute approximate surface area is 190 Å². The maximum atomic E-state index is 9.83. The van der Waals surface area contributed by atoms with Gasteiger partial charge in [0.15, 0.2) is 0 Å². The third-order valence-corrected chi connectivity index (χ3v) is 31.2. The molecule has 0 spiro atoms. The van der Waals surface area contributed by atoms with Gasteiger partial charge >= 0.3 is 151 Å². The van der Waals surface area contributed by atoms with Gasteiger partial charge in [0.25, 0.3) is 0 Å². The van der Waals surface area contributed by atoms with Gasteiger partial charge in [-0.25, -0.2) is 0 Å². The summed E-state index contributed by atoms with van der Waals surface area (Å²) in [4.78, 5) is 0. The second-order valence-electron chi connectivity index (χ2n) is 2.04. The molecule has 0 aromatic rings. The zero-order chi connectivity index (χ0) is 18.2. The molecule has 0 aromatic heterocycles. The molecule has 19 nitrogen and oxygen atoms in total. The van der Waals surface area contributed by atoms with Gasteiger partial charge in [-0.1, -0.05) is 0 Å². The van der Waals surface area contributed by atoms with Crippen molar-refractivity contribution in [2.24, 2.45) is 0 Å². The standard InChI is InChI=1S/4H3N.2H2O6S4Se.3H2O/c;;;;2*1-9(2,3)7-11-8-10(4,5)6;;;/h4*1H3;2*(H,1,2,3)(H,4,5,6);3*1H2. The fourth-order valence-electron chi connectivity index (χ4n) is 0.159. The molecule has 0 aliphatic heterocycles. The van der Waals surface area contributed by atoms with Crippen molar-refractivity contribution in [3.8, 4) is 0 Å². The molecule has 0 heterocycles. The van der Waals surface area contributed by atoms with Gasteiger partial charge in [0.05, 0.1) is 0 Å². The van der Waals surface area contributed by atoms with E-state index in [1.54, 1.807) is 0 Å². The summed E-state index contributed by atoms with van der Waals surface area (Å²) in [5, 5.41) is 0. The average molecular weight is 733 g/mol. The first kappa shape index (κ1) is 57.6. The zero-order valence-corrected chi connectivity index (χ0v) is 24.4. The van der Waals surface area contributed by atoms with E-state index in [0.29, 0.717) is 0 Å². The van der Waals surface area contributed by atoms with Crippen molar-refractivity contribution >= 4 is 98.9 Å². The van der Waals surface area contributed by atoms with Gasteiger partial charge in [0.2, 0.25) is 0 Å². The van der Waals surface area contributed by atoms with E-state index in [0.717, 1.165) is 0 Å². The van der Waals surface area contributed by atoms with Crippen LogP contribution in [0.3, 0.4) is 0 Å². The molecule has 0 saturated carbocycles. The molecule has 0 bridgehead atoms. The summed E-state index contributed by atoms with van der Waals surface area (Å²) < 4.78 is 118. The molecular formula is H22N4O15S8Se2. The number of hydrogen-bond donors (Lipinski definition) is 4. The minimum atomic E-state index is -4.48. The predicted octanol–water partition coefficient (Wildman–Crippen LogP) is -3.15. The van der Waals surface area contributed by atoms with E-state index in [1.165, 1.54) is 0 Å². The van der Waals surface area contributed by atoms with Crippen molar-refractivity contribution in [3.63, 3.8) is 0 Å². The van der Waals surface area contributed by atoms with Crippen LogP contribution in [0.5, 0.6) is 0 Å². The van der Waals surface area contributed by atoms with Crippen molar-refractivity contribution in [1.29, 1.82) is 0 Å². The molecule has 29 heteroatoms. The Hall–Kier alpha value is 1.80. The van der Waals surface area contributed by atoms with Crippen molar-refractivity contribution in [3.05, 3.63) is 0 Å². The van der Waals surface area contributed by atoms with Crippen LogP contribution in [0.4, 0.5) is 0 Å². The first-order valence-corrected chi connectivity index (χ1v) is 22.4. The molecule has 0 saturated heterocycles. The van der Waals surface area contributed by atoms with E-state index in [2.05, 4.69) is 0 Å². The molecule has 0 aliphatic carbocycles. The summed E-state index contributed by atoms with van der Waals surface area (Å²) in [5.74, 6) is 0. The Morgan fingerprint density at radius 1 is 0.414 bits per heavy atom. The topological polar surface area (TPSA) is 469 Å². The van der Waals surface area contributed by atoms with Crippen molar-refractivity contribution in [2.45, 2.75) is 0 Å². The largest absolute Gasteiger partial charge is 0.369 e. The van der Waals surface area contributed by atoms with Gasteiger partial charge in [0, 0.05) is 0 Å². The van der Waals surface area contributed by atoms with E-state index in [-0.39, 0.29) is 77.9 Å². The predicted molar refractivity (Wildman–Crippen MR) is 115 cm³/mol. The molecule has 0 aromatic carbocycles. The SMILES string of the molecule is O.O.O.O=S(=O)([O-])S[Se]SS(=O)(=O)[O-].O=S(=O)([O-])S[Se]SS(=O)(=O)[O-].[NH4+].[NH4+].[NH4+].[NH4+]. The summed E-state index contributed by atoms with van der Waals surface area (Å²) in [6, 6.07) is 0. The third-order valence-electron chi connectivity index (χ3n) is 0.444. The van der Waals surface area contributed by atoms with Crippen LogP contribution in [0.25, 0.3) is 0 Å². The van der Waals surface area contributed by atoms with Crippen LogP contribution in [-0.2, 0) is 36.6 Å². The Morgan fingerprint density at radius 2 is 0.517 bits per heavy atom. The number of rotatable bonds is 8. The van der Waals surface area contributed by atoms with Crippen LogP contribution in [0, 0.1) is 0 Å². The summed E-state index contributed by atoms with van der Waals surface area (Å²) in [6.07, 6.45) is 0. The molecule has 0 atom stereocenters. The Morgan fingerprint density at radius 3 is 0.586 bits per heavy atom. The van der Waals surface area contributed by atoms with E-state index in [1.807, 2.05) is 0 Å². The summed E-state index contributed by atoms with van der Waals surface area (Å²) in [6.45, 7) is 0. The van der Waals surface area contributed by atoms with E-state index in [9.17, 15) is 51.9 Å². The van der Waals surface area contributed by atoms with Gasteiger partial charge in [-0.15, -0.1) is 0 Å². The molecule has 0 unspecified atom stereocenters. The first-order chi connectivity index (χ1) is 9.41. The molecule has 192 valence electrons. The average Bonchev–Trinajstić information content (AvgIpc) is 2.08. The molecule has 0 radical (unpaired) electrons. The molecule has 0 aliphatic rings. The van der Waals surface area contributed by atoms with Crippen LogP contribution < -0.4 is 24.6 Å². The molecule has 0 amide bonds. The van der Waals surface area contributed by atoms with Crippen LogP contribution in [0.15, 0.2) is 0 Å². The number of hydrogen-bond acceptors (Lipinski definition) is 16. The van der Waals surface area contributed by atoms with Crippen molar-refractivity contribution < 1.29 is 68.3 Å². The quantitative estimate of drug-likeness (QED) is 0.109. The second kappa shape index (κ2) is 24.4. The second-order valence-corrected chi connectivity index (χ2v) is 28.9. The molecule has 22 N–H and O–H groups in total. The Kier molecular flexibility index (Phi) is 48.5.